The number of nitrogens with zero attached hydrogens (tertiary/aromatic N) is 3. The largest absolute Gasteiger partial charge is 0.378 e. The van der Waals surface area contributed by atoms with Crippen LogP contribution in [0.25, 0.3) is 0 Å². The summed E-state index contributed by atoms with van der Waals surface area (Å²) in [6.45, 7) is 7.04. The van der Waals surface area contributed by atoms with Crippen molar-refractivity contribution in [3.8, 4) is 0 Å². The van der Waals surface area contributed by atoms with Crippen LogP contribution in [0.2, 0.25) is 0 Å². The number of carbonyl (C=O) groups is 1. The zero-order chi connectivity index (χ0) is 21.6. The summed E-state index contributed by atoms with van der Waals surface area (Å²) in [6, 6.07) is 5.10. The molecule has 0 unspecified atom stereocenters. The molecule has 0 bridgehead atoms. The number of sulfonamides is 1. The van der Waals surface area contributed by atoms with Gasteiger partial charge in [-0.3, -0.25) is 4.79 Å². The molecule has 2 aromatic heterocycles. The van der Waals surface area contributed by atoms with Crippen LogP contribution in [-0.2, 0) is 26.1 Å². The Hall–Kier alpha value is -2.28. The lowest BCUT2D eigenvalue weighted by molar-refractivity contribution is -0.119. The minimum absolute atomic E-state index is 0.159. The number of aryl methyl sites for hydroxylation is 1. The third kappa shape index (κ3) is 6.36. The van der Waals surface area contributed by atoms with Crippen molar-refractivity contribution in [3.05, 3.63) is 28.9 Å². The predicted octanol–water partition coefficient (Wildman–Crippen LogP) is 0.710. The van der Waals surface area contributed by atoms with Crippen molar-refractivity contribution in [1.82, 2.24) is 20.0 Å². The van der Waals surface area contributed by atoms with Gasteiger partial charge in [-0.05, 0) is 19.1 Å². The molecule has 164 valence electrons. The number of thiophene rings is 1. The second-order valence-corrected chi connectivity index (χ2v) is 9.88. The van der Waals surface area contributed by atoms with Crippen molar-refractivity contribution in [2.45, 2.75) is 24.6 Å². The van der Waals surface area contributed by atoms with Crippen LogP contribution < -0.4 is 20.3 Å². The van der Waals surface area contributed by atoms with Crippen LogP contribution in [0.15, 0.2) is 22.4 Å². The second-order valence-electron chi connectivity index (χ2n) is 6.71. The maximum absolute atomic E-state index is 12.4. The maximum Gasteiger partial charge on any atom is 0.250 e. The number of ether oxygens (including phenoxy) is 1. The molecule has 0 spiro atoms. The van der Waals surface area contributed by atoms with Gasteiger partial charge in [-0.2, -0.15) is 0 Å². The first-order valence-electron chi connectivity index (χ1n) is 9.58. The molecule has 1 aliphatic heterocycles. The van der Waals surface area contributed by atoms with E-state index in [0.29, 0.717) is 37.9 Å². The van der Waals surface area contributed by atoms with Gasteiger partial charge in [0.25, 0.3) is 0 Å². The van der Waals surface area contributed by atoms with Crippen molar-refractivity contribution in [3.63, 3.8) is 0 Å². The highest BCUT2D eigenvalue weighted by Crippen LogP contribution is 2.21. The number of morpholine rings is 1. The number of hydrogen-bond acceptors (Lipinski definition) is 9. The van der Waals surface area contributed by atoms with Crippen LogP contribution in [0.1, 0.15) is 17.6 Å². The Labute approximate surface area is 180 Å². The summed E-state index contributed by atoms with van der Waals surface area (Å²) in [4.78, 5) is 22.7. The van der Waals surface area contributed by atoms with E-state index in [1.807, 2.05) is 13.0 Å². The Balaban J connectivity index is 1.51. The standard InChI is InChI=1S/C18H26N6O4S2/c1-13-22-16(11-17(23-13)24-7-9-28-10-8-24)19-5-6-21-30(26,27)18-4-3-15(29-18)12-20-14(2)25/h3-4,11,21H,5-10,12H2,1-2H3,(H,20,25)(H,19,22,23). The van der Waals surface area contributed by atoms with Crippen molar-refractivity contribution in [1.29, 1.82) is 0 Å². The number of rotatable bonds is 9. The molecule has 1 saturated heterocycles. The normalized spacial score (nSPS) is 14.5. The van der Waals surface area contributed by atoms with Crippen molar-refractivity contribution >= 4 is 38.9 Å². The molecule has 3 rings (SSSR count). The van der Waals surface area contributed by atoms with E-state index in [1.165, 1.54) is 6.92 Å². The maximum atomic E-state index is 12.4. The van der Waals surface area contributed by atoms with E-state index < -0.39 is 10.0 Å². The molecule has 1 aliphatic rings. The molecule has 3 heterocycles. The van der Waals surface area contributed by atoms with Gasteiger partial charge in [-0.15, -0.1) is 11.3 Å². The topological polar surface area (TPSA) is 126 Å². The molecule has 30 heavy (non-hydrogen) atoms. The van der Waals surface area contributed by atoms with Gasteiger partial charge in [-0.25, -0.2) is 23.1 Å². The fourth-order valence-corrected chi connectivity index (χ4v) is 5.23. The summed E-state index contributed by atoms with van der Waals surface area (Å²) in [5.41, 5.74) is 0. The van der Waals surface area contributed by atoms with Gasteiger partial charge in [0.05, 0.1) is 19.8 Å². The Kier molecular flexibility index (Phi) is 7.58. The minimum Gasteiger partial charge on any atom is -0.378 e. The number of aromatic nitrogens is 2. The molecule has 0 aliphatic carbocycles. The lowest BCUT2D eigenvalue weighted by atomic mass is 10.4. The summed E-state index contributed by atoms with van der Waals surface area (Å²) in [5.74, 6) is 1.97. The highest BCUT2D eigenvalue weighted by atomic mass is 32.2. The van der Waals surface area contributed by atoms with E-state index in [9.17, 15) is 13.2 Å². The van der Waals surface area contributed by atoms with E-state index >= 15 is 0 Å². The summed E-state index contributed by atoms with van der Waals surface area (Å²) in [7, 11) is -3.60. The third-order valence-corrected chi connectivity index (χ3v) is 7.33. The molecule has 0 aromatic carbocycles. The number of anilines is 2. The Morgan fingerprint density at radius 1 is 1.23 bits per heavy atom. The zero-order valence-electron chi connectivity index (χ0n) is 17.0. The second kappa shape index (κ2) is 10.2. The van der Waals surface area contributed by atoms with Crippen LogP contribution >= 0.6 is 11.3 Å². The average Bonchev–Trinajstić information content (AvgIpc) is 3.20. The van der Waals surface area contributed by atoms with E-state index in [-0.39, 0.29) is 16.7 Å². The number of carbonyl (C=O) groups excluding carboxylic acids is 1. The highest BCUT2D eigenvalue weighted by Gasteiger charge is 2.17. The van der Waals surface area contributed by atoms with E-state index in [0.717, 1.165) is 35.1 Å². The molecule has 1 fully saturated rings. The molecule has 0 atom stereocenters. The minimum atomic E-state index is -3.60. The summed E-state index contributed by atoms with van der Waals surface area (Å²) >= 11 is 1.13. The molecular formula is C18H26N6O4S2. The molecule has 12 heteroatoms. The summed E-state index contributed by atoms with van der Waals surface area (Å²) in [5, 5.41) is 5.80. The smallest absolute Gasteiger partial charge is 0.250 e. The first-order chi connectivity index (χ1) is 14.3. The number of hydrogen-bond donors (Lipinski definition) is 3. The average molecular weight is 455 g/mol. The van der Waals surface area contributed by atoms with Crippen LogP contribution in [0, 0.1) is 6.92 Å². The van der Waals surface area contributed by atoms with Crippen molar-refractivity contribution < 1.29 is 17.9 Å². The molecule has 0 saturated carbocycles. The number of amides is 1. The van der Waals surface area contributed by atoms with Gasteiger partial charge in [0.15, 0.2) is 0 Å². The third-order valence-electron chi connectivity index (χ3n) is 4.30. The molecule has 3 N–H and O–H groups in total. The first-order valence-corrected chi connectivity index (χ1v) is 11.9. The van der Waals surface area contributed by atoms with Gasteiger partial charge in [0.2, 0.25) is 15.9 Å². The van der Waals surface area contributed by atoms with Crippen molar-refractivity contribution in [2.75, 3.05) is 49.6 Å². The lowest BCUT2D eigenvalue weighted by Gasteiger charge is -2.28. The molecule has 2 aromatic rings. The Morgan fingerprint density at radius 3 is 2.73 bits per heavy atom. The van der Waals surface area contributed by atoms with Crippen LogP contribution in [0.5, 0.6) is 0 Å². The Morgan fingerprint density at radius 2 is 2.00 bits per heavy atom. The van der Waals surface area contributed by atoms with Gasteiger partial charge in [0.1, 0.15) is 21.7 Å². The van der Waals surface area contributed by atoms with Gasteiger partial charge >= 0.3 is 0 Å². The van der Waals surface area contributed by atoms with Gasteiger partial charge in [-0.1, -0.05) is 0 Å². The summed E-state index contributed by atoms with van der Waals surface area (Å²) in [6.07, 6.45) is 0. The van der Waals surface area contributed by atoms with Gasteiger partial charge in [0, 0.05) is 44.0 Å². The van der Waals surface area contributed by atoms with Crippen LogP contribution in [0.4, 0.5) is 11.6 Å². The predicted molar refractivity (Wildman–Crippen MR) is 115 cm³/mol. The molecule has 10 nitrogen and oxygen atoms in total. The highest BCUT2D eigenvalue weighted by molar-refractivity contribution is 7.91. The SMILES string of the molecule is CC(=O)NCc1ccc(S(=O)(=O)NCCNc2cc(N3CCOCC3)nc(C)n2)s1. The fourth-order valence-electron chi connectivity index (χ4n) is 2.85. The Bertz CT molecular complexity index is 973. The lowest BCUT2D eigenvalue weighted by Crippen LogP contribution is -2.37. The van der Waals surface area contributed by atoms with Crippen molar-refractivity contribution in [2.24, 2.45) is 0 Å². The first kappa shape index (κ1) is 22.4. The van der Waals surface area contributed by atoms with E-state index in [4.69, 9.17) is 4.74 Å². The number of nitrogens with one attached hydrogen (secondary N) is 3. The molecular weight excluding hydrogens is 428 g/mol. The quantitative estimate of drug-likeness (QED) is 0.473. The zero-order valence-corrected chi connectivity index (χ0v) is 18.6. The van der Waals surface area contributed by atoms with E-state index in [1.54, 1.807) is 12.1 Å². The monoisotopic (exact) mass is 454 g/mol. The molecule has 1 amide bonds. The summed E-state index contributed by atoms with van der Waals surface area (Å²) < 4.78 is 33.1. The van der Waals surface area contributed by atoms with E-state index in [2.05, 4.69) is 30.2 Å². The molecule has 0 radical (unpaired) electrons. The fraction of sp³-hybridized carbons (Fsp3) is 0.500. The van der Waals surface area contributed by atoms with Gasteiger partial charge < -0.3 is 20.3 Å². The van der Waals surface area contributed by atoms with Crippen LogP contribution in [-0.4, -0.2) is 63.7 Å². The van der Waals surface area contributed by atoms with Crippen LogP contribution in [0.3, 0.4) is 0 Å².